The SMILES string of the molecule is COC(=O)c1ccc([C@@H](C)NC(=O)c2[nH]ncc2Br)cc1. The Morgan fingerprint density at radius 1 is 1.33 bits per heavy atom. The molecule has 6 nitrogen and oxygen atoms in total. The molecule has 0 saturated carbocycles. The average Bonchev–Trinajstić information content (AvgIpc) is 2.92. The zero-order valence-corrected chi connectivity index (χ0v) is 13.1. The molecule has 0 aliphatic heterocycles. The van der Waals surface area contributed by atoms with Crippen molar-refractivity contribution < 1.29 is 14.3 Å². The minimum Gasteiger partial charge on any atom is -0.465 e. The lowest BCUT2D eigenvalue weighted by Crippen LogP contribution is -2.27. The molecule has 2 N–H and O–H groups in total. The van der Waals surface area contributed by atoms with Crippen LogP contribution >= 0.6 is 15.9 Å². The lowest BCUT2D eigenvalue weighted by Gasteiger charge is -2.14. The Labute approximate surface area is 130 Å². The summed E-state index contributed by atoms with van der Waals surface area (Å²) >= 11 is 3.24. The van der Waals surface area contributed by atoms with Crippen LogP contribution in [0.4, 0.5) is 0 Å². The largest absolute Gasteiger partial charge is 0.465 e. The van der Waals surface area contributed by atoms with Crippen LogP contribution in [0, 0.1) is 0 Å². The van der Waals surface area contributed by atoms with Gasteiger partial charge in [-0.2, -0.15) is 5.10 Å². The normalized spacial score (nSPS) is 11.8. The molecule has 1 atom stereocenters. The van der Waals surface area contributed by atoms with Gasteiger partial charge in [0.15, 0.2) is 0 Å². The standard InChI is InChI=1S/C14H14BrN3O3/c1-8(17-13(19)12-11(15)7-16-18-12)9-3-5-10(6-4-9)14(20)21-2/h3-8H,1-2H3,(H,16,18)(H,17,19)/t8-/m1/s1. The number of benzene rings is 1. The zero-order chi connectivity index (χ0) is 15.4. The van der Waals surface area contributed by atoms with Crippen LogP contribution in [0.25, 0.3) is 0 Å². The monoisotopic (exact) mass is 351 g/mol. The molecule has 0 spiro atoms. The number of aromatic amines is 1. The number of methoxy groups -OCH3 is 1. The topological polar surface area (TPSA) is 84.1 Å². The molecule has 110 valence electrons. The number of nitrogens with one attached hydrogen (secondary N) is 2. The number of rotatable bonds is 4. The lowest BCUT2D eigenvalue weighted by atomic mass is 10.1. The lowest BCUT2D eigenvalue weighted by molar-refractivity contribution is 0.0600. The van der Waals surface area contributed by atoms with Crippen molar-refractivity contribution in [1.82, 2.24) is 15.5 Å². The molecule has 1 amide bonds. The molecule has 1 aromatic heterocycles. The second kappa shape index (κ2) is 6.53. The van der Waals surface area contributed by atoms with E-state index in [1.807, 2.05) is 6.92 Å². The summed E-state index contributed by atoms with van der Waals surface area (Å²) in [7, 11) is 1.33. The first kappa shape index (κ1) is 15.2. The van der Waals surface area contributed by atoms with Crippen molar-refractivity contribution >= 4 is 27.8 Å². The summed E-state index contributed by atoms with van der Waals surface area (Å²) in [4.78, 5) is 23.4. The Balaban J connectivity index is 2.07. The first-order chi connectivity index (χ1) is 10.0. The highest BCUT2D eigenvalue weighted by Crippen LogP contribution is 2.17. The Bertz CT molecular complexity index is 652. The molecule has 0 aliphatic rings. The van der Waals surface area contributed by atoms with E-state index in [1.165, 1.54) is 13.3 Å². The van der Waals surface area contributed by atoms with Gasteiger partial charge in [0.05, 0.1) is 29.4 Å². The zero-order valence-electron chi connectivity index (χ0n) is 11.5. The van der Waals surface area contributed by atoms with Gasteiger partial charge in [-0.05, 0) is 40.5 Å². The third kappa shape index (κ3) is 3.49. The van der Waals surface area contributed by atoms with Gasteiger partial charge < -0.3 is 10.1 Å². The Morgan fingerprint density at radius 2 is 2.00 bits per heavy atom. The fraction of sp³-hybridized carbons (Fsp3) is 0.214. The molecular formula is C14H14BrN3O3. The molecule has 21 heavy (non-hydrogen) atoms. The van der Waals surface area contributed by atoms with E-state index in [2.05, 4.69) is 36.2 Å². The highest BCUT2D eigenvalue weighted by atomic mass is 79.9. The molecule has 0 radical (unpaired) electrons. The van der Waals surface area contributed by atoms with Crippen LogP contribution in [-0.4, -0.2) is 29.2 Å². The third-order valence-electron chi connectivity index (χ3n) is 3.00. The summed E-state index contributed by atoms with van der Waals surface area (Å²) in [5.41, 5.74) is 1.72. The number of hydrogen-bond donors (Lipinski definition) is 2. The van der Waals surface area contributed by atoms with Gasteiger partial charge in [0.25, 0.3) is 5.91 Å². The van der Waals surface area contributed by atoms with Crippen molar-refractivity contribution in [2.45, 2.75) is 13.0 Å². The average molecular weight is 352 g/mol. The summed E-state index contributed by atoms with van der Waals surface area (Å²) in [6.45, 7) is 1.86. The highest BCUT2D eigenvalue weighted by molar-refractivity contribution is 9.10. The van der Waals surface area contributed by atoms with E-state index in [-0.39, 0.29) is 17.9 Å². The van der Waals surface area contributed by atoms with Gasteiger partial charge in [0.2, 0.25) is 0 Å². The molecule has 1 aromatic carbocycles. The van der Waals surface area contributed by atoms with Crippen molar-refractivity contribution in [2.75, 3.05) is 7.11 Å². The van der Waals surface area contributed by atoms with E-state index < -0.39 is 0 Å². The molecule has 2 rings (SSSR count). The van der Waals surface area contributed by atoms with Crippen LogP contribution in [0.2, 0.25) is 0 Å². The minimum absolute atomic E-state index is 0.209. The highest BCUT2D eigenvalue weighted by Gasteiger charge is 2.16. The maximum absolute atomic E-state index is 12.0. The summed E-state index contributed by atoms with van der Waals surface area (Å²) in [6, 6.07) is 6.67. The van der Waals surface area contributed by atoms with Gasteiger partial charge >= 0.3 is 5.97 Å². The molecule has 2 aromatic rings. The number of H-pyrrole nitrogens is 1. The van der Waals surface area contributed by atoms with Gasteiger partial charge in [-0.15, -0.1) is 0 Å². The molecule has 0 unspecified atom stereocenters. The number of amides is 1. The maximum atomic E-state index is 12.0. The Kier molecular flexibility index (Phi) is 4.74. The van der Waals surface area contributed by atoms with E-state index in [1.54, 1.807) is 24.3 Å². The third-order valence-corrected chi connectivity index (χ3v) is 3.60. The van der Waals surface area contributed by atoms with Gasteiger partial charge in [-0.25, -0.2) is 4.79 Å². The van der Waals surface area contributed by atoms with E-state index in [0.717, 1.165) is 5.56 Å². The Hall–Kier alpha value is -2.15. The molecule has 0 bridgehead atoms. The van der Waals surface area contributed by atoms with Gasteiger partial charge in [0, 0.05) is 0 Å². The number of hydrogen-bond acceptors (Lipinski definition) is 4. The number of esters is 1. The molecule has 0 aliphatic carbocycles. The number of aromatic nitrogens is 2. The van der Waals surface area contributed by atoms with Crippen LogP contribution in [0.15, 0.2) is 34.9 Å². The van der Waals surface area contributed by atoms with Crippen molar-refractivity contribution in [1.29, 1.82) is 0 Å². The van der Waals surface area contributed by atoms with Crippen LogP contribution < -0.4 is 5.32 Å². The van der Waals surface area contributed by atoms with Crippen molar-refractivity contribution in [3.63, 3.8) is 0 Å². The van der Waals surface area contributed by atoms with Crippen LogP contribution in [-0.2, 0) is 4.74 Å². The number of carbonyl (C=O) groups excluding carboxylic acids is 2. The van der Waals surface area contributed by atoms with Gasteiger partial charge in [-0.3, -0.25) is 9.89 Å². The summed E-state index contributed by atoms with van der Waals surface area (Å²) in [5, 5.41) is 9.25. The second-order valence-electron chi connectivity index (χ2n) is 4.40. The summed E-state index contributed by atoms with van der Waals surface area (Å²) < 4.78 is 5.24. The predicted molar refractivity (Wildman–Crippen MR) is 80.0 cm³/mol. The maximum Gasteiger partial charge on any atom is 0.337 e. The van der Waals surface area contributed by atoms with Crippen molar-refractivity contribution in [3.05, 3.63) is 51.8 Å². The first-order valence-electron chi connectivity index (χ1n) is 6.21. The number of carbonyl (C=O) groups is 2. The van der Waals surface area contributed by atoms with Crippen molar-refractivity contribution in [2.24, 2.45) is 0 Å². The number of nitrogens with zero attached hydrogens (tertiary/aromatic N) is 1. The summed E-state index contributed by atoms with van der Waals surface area (Å²) in [6.07, 6.45) is 1.52. The molecule has 1 heterocycles. The molecule has 7 heteroatoms. The first-order valence-corrected chi connectivity index (χ1v) is 7.00. The van der Waals surface area contributed by atoms with E-state index >= 15 is 0 Å². The predicted octanol–water partition coefficient (Wildman–Crippen LogP) is 2.45. The van der Waals surface area contributed by atoms with Gasteiger partial charge in [-0.1, -0.05) is 12.1 Å². The van der Waals surface area contributed by atoms with Crippen LogP contribution in [0.3, 0.4) is 0 Å². The number of halogens is 1. The smallest absolute Gasteiger partial charge is 0.337 e. The van der Waals surface area contributed by atoms with Gasteiger partial charge in [0.1, 0.15) is 5.69 Å². The van der Waals surface area contributed by atoms with Crippen LogP contribution in [0.5, 0.6) is 0 Å². The van der Waals surface area contributed by atoms with E-state index in [0.29, 0.717) is 15.7 Å². The van der Waals surface area contributed by atoms with Crippen molar-refractivity contribution in [3.8, 4) is 0 Å². The fourth-order valence-corrected chi connectivity index (χ4v) is 2.18. The second-order valence-corrected chi connectivity index (χ2v) is 5.26. The summed E-state index contributed by atoms with van der Waals surface area (Å²) in [5.74, 6) is -0.649. The molecule has 0 fully saturated rings. The molecule has 0 saturated heterocycles. The Morgan fingerprint density at radius 3 is 2.52 bits per heavy atom. The minimum atomic E-state index is -0.389. The van der Waals surface area contributed by atoms with Crippen LogP contribution in [0.1, 0.15) is 39.4 Å². The quantitative estimate of drug-likeness (QED) is 0.828. The van der Waals surface area contributed by atoms with E-state index in [9.17, 15) is 9.59 Å². The number of ether oxygens (including phenoxy) is 1. The van der Waals surface area contributed by atoms with E-state index in [4.69, 9.17) is 0 Å². The fourth-order valence-electron chi connectivity index (χ4n) is 1.81. The molecular weight excluding hydrogens is 338 g/mol.